The van der Waals surface area contributed by atoms with E-state index < -0.39 is 6.04 Å². The Balaban J connectivity index is 3.16. The second-order valence-corrected chi connectivity index (χ2v) is 3.53. The van der Waals surface area contributed by atoms with Crippen LogP contribution in [0.15, 0.2) is 12.1 Å². The number of hydrogen-bond acceptors (Lipinski definition) is 3. The Morgan fingerprint density at radius 1 is 1.57 bits per heavy atom. The van der Waals surface area contributed by atoms with Gasteiger partial charge in [0.05, 0.1) is 19.8 Å². The minimum atomic E-state index is -0.415. The van der Waals surface area contributed by atoms with Crippen molar-refractivity contribution in [2.75, 3.05) is 13.7 Å². The van der Waals surface area contributed by atoms with Gasteiger partial charge in [-0.2, -0.15) is 0 Å². The Morgan fingerprint density at radius 2 is 2.21 bits per heavy atom. The predicted octanol–water partition coefficient (Wildman–Crippen LogP) is 1.65. The number of ether oxygens (including phenoxy) is 1. The molecule has 1 unspecified atom stereocenters. The van der Waals surface area contributed by atoms with Crippen molar-refractivity contribution in [2.24, 2.45) is 5.73 Å². The number of hydrogen-bond donors (Lipinski definition) is 2. The van der Waals surface area contributed by atoms with Crippen LogP contribution in [-0.2, 0) is 0 Å². The lowest BCUT2D eigenvalue weighted by atomic mass is 10.1. The summed E-state index contributed by atoms with van der Waals surface area (Å²) in [6.07, 6.45) is 0. The van der Waals surface area contributed by atoms with Gasteiger partial charge < -0.3 is 15.6 Å². The van der Waals surface area contributed by atoms with E-state index in [9.17, 15) is 0 Å². The minimum Gasteiger partial charge on any atom is -0.496 e. The normalized spacial score (nSPS) is 12.6. The summed E-state index contributed by atoms with van der Waals surface area (Å²) in [6.45, 7) is 1.76. The van der Waals surface area contributed by atoms with Gasteiger partial charge in [-0.15, -0.1) is 0 Å². The summed E-state index contributed by atoms with van der Waals surface area (Å²) >= 11 is 5.98. The Hall–Kier alpha value is -0.770. The quantitative estimate of drug-likeness (QED) is 0.806. The molecule has 3 nitrogen and oxygen atoms in total. The van der Waals surface area contributed by atoms with Gasteiger partial charge in [-0.25, -0.2) is 0 Å². The van der Waals surface area contributed by atoms with Crippen molar-refractivity contribution in [3.05, 3.63) is 28.3 Å². The monoisotopic (exact) mass is 215 g/mol. The van der Waals surface area contributed by atoms with E-state index in [2.05, 4.69) is 0 Å². The van der Waals surface area contributed by atoms with Gasteiger partial charge in [0.1, 0.15) is 5.75 Å². The standard InChI is InChI=1S/C10H14ClNO2/c1-6-8(11)3-7(9(12)5-13)4-10(6)14-2/h3-4,9,13H,5,12H2,1-2H3. The molecule has 3 N–H and O–H groups in total. The number of rotatable bonds is 3. The average Bonchev–Trinajstić information content (AvgIpc) is 2.20. The van der Waals surface area contributed by atoms with Crippen molar-refractivity contribution in [1.82, 2.24) is 0 Å². The van der Waals surface area contributed by atoms with Gasteiger partial charge in [0, 0.05) is 10.6 Å². The first-order valence-corrected chi connectivity index (χ1v) is 4.68. The third-order valence-electron chi connectivity index (χ3n) is 2.16. The SMILES string of the molecule is COc1cc(C(N)CO)cc(Cl)c1C. The third-order valence-corrected chi connectivity index (χ3v) is 2.56. The molecular weight excluding hydrogens is 202 g/mol. The predicted molar refractivity (Wildman–Crippen MR) is 56.8 cm³/mol. The molecule has 0 radical (unpaired) electrons. The molecule has 0 heterocycles. The lowest BCUT2D eigenvalue weighted by molar-refractivity contribution is 0.267. The lowest BCUT2D eigenvalue weighted by Gasteiger charge is -2.13. The fourth-order valence-corrected chi connectivity index (χ4v) is 1.42. The highest BCUT2D eigenvalue weighted by molar-refractivity contribution is 6.31. The van der Waals surface area contributed by atoms with E-state index in [1.807, 2.05) is 6.92 Å². The summed E-state index contributed by atoms with van der Waals surface area (Å²) in [5, 5.41) is 9.50. The van der Waals surface area contributed by atoms with E-state index in [4.69, 9.17) is 27.2 Å². The maximum absolute atomic E-state index is 8.90. The summed E-state index contributed by atoms with van der Waals surface area (Å²) in [5.74, 6) is 0.691. The molecule has 0 bridgehead atoms. The molecule has 0 saturated carbocycles. The molecule has 1 aromatic rings. The molecule has 0 amide bonds. The Kier molecular flexibility index (Phi) is 3.75. The van der Waals surface area contributed by atoms with Crippen molar-refractivity contribution in [3.8, 4) is 5.75 Å². The Morgan fingerprint density at radius 3 is 2.71 bits per heavy atom. The zero-order valence-electron chi connectivity index (χ0n) is 8.25. The van der Waals surface area contributed by atoms with Crippen molar-refractivity contribution < 1.29 is 9.84 Å². The molecule has 14 heavy (non-hydrogen) atoms. The molecule has 0 spiro atoms. The molecular formula is C10H14ClNO2. The van der Waals surface area contributed by atoms with Crippen LogP contribution >= 0.6 is 11.6 Å². The van der Waals surface area contributed by atoms with E-state index in [1.165, 1.54) is 0 Å². The minimum absolute atomic E-state index is 0.109. The largest absolute Gasteiger partial charge is 0.496 e. The van der Waals surface area contributed by atoms with Crippen LogP contribution in [0.3, 0.4) is 0 Å². The van der Waals surface area contributed by atoms with Crippen LogP contribution in [-0.4, -0.2) is 18.8 Å². The molecule has 0 aliphatic rings. The zero-order valence-corrected chi connectivity index (χ0v) is 9.01. The van der Waals surface area contributed by atoms with E-state index in [-0.39, 0.29) is 6.61 Å². The summed E-state index contributed by atoms with van der Waals surface area (Å²) in [4.78, 5) is 0. The van der Waals surface area contributed by atoms with E-state index in [0.29, 0.717) is 10.8 Å². The molecule has 0 aliphatic heterocycles. The average molecular weight is 216 g/mol. The number of aliphatic hydroxyl groups excluding tert-OH is 1. The van der Waals surface area contributed by atoms with Crippen LogP contribution in [0, 0.1) is 6.92 Å². The smallest absolute Gasteiger partial charge is 0.123 e. The fourth-order valence-electron chi connectivity index (χ4n) is 1.21. The molecule has 0 saturated heterocycles. The first-order chi connectivity index (χ1) is 6.60. The van der Waals surface area contributed by atoms with Crippen LogP contribution in [0.25, 0.3) is 0 Å². The Labute approximate surface area is 88.4 Å². The van der Waals surface area contributed by atoms with Crippen LogP contribution in [0.1, 0.15) is 17.2 Å². The van der Waals surface area contributed by atoms with E-state index in [0.717, 1.165) is 11.1 Å². The van der Waals surface area contributed by atoms with Crippen molar-refractivity contribution >= 4 is 11.6 Å². The summed E-state index contributed by atoms with van der Waals surface area (Å²) < 4.78 is 5.14. The number of halogens is 1. The van der Waals surface area contributed by atoms with Gasteiger partial charge in [0.2, 0.25) is 0 Å². The van der Waals surface area contributed by atoms with Gasteiger partial charge in [-0.05, 0) is 24.6 Å². The van der Waals surface area contributed by atoms with Gasteiger partial charge in [0.15, 0.2) is 0 Å². The van der Waals surface area contributed by atoms with Gasteiger partial charge in [-0.1, -0.05) is 11.6 Å². The topological polar surface area (TPSA) is 55.5 Å². The molecule has 4 heteroatoms. The van der Waals surface area contributed by atoms with Crippen molar-refractivity contribution in [3.63, 3.8) is 0 Å². The highest BCUT2D eigenvalue weighted by Crippen LogP contribution is 2.29. The molecule has 1 rings (SSSR count). The van der Waals surface area contributed by atoms with Gasteiger partial charge in [-0.3, -0.25) is 0 Å². The van der Waals surface area contributed by atoms with Crippen molar-refractivity contribution in [2.45, 2.75) is 13.0 Å². The van der Waals surface area contributed by atoms with E-state index in [1.54, 1.807) is 19.2 Å². The highest BCUT2D eigenvalue weighted by atomic mass is 35.5. The molecule has 0 fully saturated rings. The van der Waals surface area contributed by atoms with Crippen LogP contribution in [0.4, 0.5) is 0 Å². The van der Waals surface area contributed by atoms with E-state index >= 15 is 0 Å². The first-order valence-electron chi connectivity index (χ1n) is 4.30. The van der Waals surface area contributed by atoms with Gasteiger partial charge in [0.25, 0.3) is 0 Å². The van der Waals surface area contributed by atoms with Crippen LogP contribution < -0.4 is 10.5 Å². The fraction of sp³-hybridized carbons (Fsp3) is 0.400. The third kappa shape index (κ3) is 2.18. The first kappa shape index (κ1) is 11.3. The highest BCUT2D eigenvalue weighted by Gasteiger charge is 2.10. The zero-order chi connectivity index (χ0) is 10.7. The maximum Gasteiger partial charge on any atom is 0.123 e. The molecule has 0 aliphatic carbocycles. The second kappa shape index (κ2) is 4.64. The second-order valence-electron chi connectivity index (χ2n) is 3.12. The lowest BCUT2D eigenvalue weighted by Crippen LogP contribution is -2.14. The summed E-state index contributed by atoms with van der Waals surface area (Å²) in [5.41, 5.74) is 7.33. The molecule has 78 valence electrons. The number of benzene rings is 1. The molecule has 1 atom stereocenters. The molecule has 1 aromatic carbocycles. The molecule has 0 aromatic heterocycles. The van der Waals surface area contributed by atoms with Crippen molar-refractivity contribution in [1.29, 1.82) is 0 Å². The number of nitrogens with two attached hydrogens (primary N) is 1. The maximum atomic E-state index is 8.90. The van der Waals surface area contributed by atoms with Crippen LogP contribution in [0.5, 0.6) is 5.75 Å². The summed E-state index contributed by atoms with van der Waals surface area (Å²) in [6, 6.07) is 3.13. The Bertz CT molecular complexity index is 328. The van der Waals surface area contributed by atoms with Gasteiger partial charge >= 0.3 is 0 Å². The number of methoxy groups -OCH3 is 1. The van der Waals surface area contributed by atoms with Crippen LogP contribution in [0.2, 0.25) is 5.02 Å². The summed E-state index contributed by atoms with van der Waals surface area (Å²) in [7, 11) is 1.58. The number of aliphatic hydroxyl groups is 1.